The molecule has 1 aromatic carbocycles. The van der Waals surface area contributed by atoms with Gasteiger partial charge in [0.25, 0.3) is 0 Å². The molecule has 1 aromatic heterocycles. The Morgan fingerprint density at radius 1 is 1.06 bits per heavy atom. The van der Waals surface area contributed by atoms with Crippen molar-refractivity contribution in [2.24, 2.45) is 0 Å². The van der Waals surface area contributed by atoms with E-state index in [1.165, 1.54) is 24.3 Å². The van der Waals surface area contributed by atoms with Crippen LogP contribution in [0.4, 0.5) is 14.6 Å². The van der Waals surface area contributed by atoms with Crippen LogP contribution in [0, 0.1) is 11.6 Å². The SMILES string of the molecule is Fc1ccc(NCc2cccc(F)c2)nc1. The summed E-state index contributed by atoms with van der Waals surface area (Å²) in [6, 6.07) is 9.13. The number of halogens is 2. The van der Waals surface area contributed by atoms with Gasteiger partial charge in [0.05, 0.1) is 6.20 Å². The minimum absolute atomic E-state index is 0.272. The molecular formula is C12H10F2N2. The lowest BCUT2D eigenvalue weighted by Crippen LogP contribution is -2.01. The molecule has 0 saturated heterocycles. The summed E-state index contributed by atoms with van der Waals surface area (Å²) < 4.78 is 25.4. The summed E-state index contributed by atoms with van der Waals surface area (Å²) in [6.07, 6.45) is 1.13. The Labute approximate surface area is 92.0 Å². The molecular weight excluding hydrogens is 210 g/mol. The van der Waals surface area contributed by atoms with Crippen LogP contribution in [0.1, 0.15) is 5.56 Å². The fourth-order valence-corrected chi connectivity index (χ4v) is 1.32. The zero-order valence-electron chi connectivity index (χ0n) is 8.45. The van der Waals surface area contributed by atoms with Gasteiger partial charge in [-0.05, 0) is 29.8 Å². The third-order valence-electron chi connectivity index (χ3n) is 2.09. The van der Waals surface area contributed by atoms with Crippen LogP contribution in [-0.2, 0) is 6.54 Å². The maximum atomic E-state index is 12.9. The second-order valence-electron chi connectivity index (χ2n) is 3.35. The van der Waals surface area contributed by atoms with E-state index in [9.17, 15) is 8.78 Å². The van der Waals surface area contributed by atoms with E-state index in [4.69, 9.17) is 0 Å². The normalized spacial score (nSPS) is 10.1. The number of anilines is 1. The molecule has 1 N–H and O–H groups in total. The summed E-state index contributed by atoms with van der Waals surface area (Å²) >= 11 is 0. The lowest BCUT2D eigenvalue weighted by atomic mass is 10.2. The number of benzene rings is 1. The molecule has 0 atom stereocenters. The molecule has 2 rings (SSSR count). The van der Waals surface area contributed by atoms with Crippen molar-refractivity contribution in [2.75, 3.05) is 5.32 Å². The fourth-order valence-electron chi connectivity index (χ4n) is 1.32. The fraction of sp³-hybridized carbons (Fsp3) is 0.0833. The number of nitrogens with one attached hydrogen (secondary N) is 1. The van der Waals surface area contributed by atoms with Crippen LogP contribution in [0.2, 0.25) is 0 Å². The third-order valence-corrected chi connectivity index (χ3v) is 2.09. The molecule has 0 amide bonds. The van der Waals surface area contributed by atoms with E-state index >= 15 is 0 Å². The first-order valence-electron chi connectivity index (χ1n) is 4.84. The molecule has 0 aliphatic carbocycles. The van der Waals surface area contributed by atoms with Crippen molar-refractivity contribution in [1.29, 1.82) is 0 Å². The average molecular weight is 220 g/mol. The van der Waals surface area contributed by atoms with Crippen molar-refractivity contribution < 1.29 is 8.78 Å². The van der Waals surface area contributed by atoms with Crippen molar-refractivity contribution in [3.8, 4) is 0 Å². The molecule has 0 bridgehead atoms. The van der Waals surface area contributed by atoms with Gasteiger partial charge in [0.15, 0.2) is 0 Å². The van der Waals surface area contributed by atoms with Gasteiger partial charge in [0.2, 0.25) is 0 Å². The van der Waals surface area contributed by atoms with Crippen LogP contribution in [0.3, 0.4) is 0 Å². The first-order chi connectivity index (χ1) is 7.74. The molecule has 0 saturated carbocycles. The Morgan fingerprint density at radius 2 is 1.94 bits per heavy atom. The maximum absolute atomic E-state index is 12.9. The number of hydrogen-bond acceptors (Lipinski definition) is 2. The lowest BCUT2D eigenvalue weighted by Gasteiger charge is -2.05. The highest BCUT2D eigenvalue weighted by atomic mass is 19.1. The van der Waals surface area contributed by atoms with E-state index in [2.05, 4.69) is 10.3 Å². The smallest absolute Gasteiger partial charge is 0.141 e. The summed E-state index contributed by atoms with van der Waals surface area (Å²) in [7, 11) is 0. The number of nitrogens with zero attached hydrogens (tertiary/aromatic N) is 1. The monoisotopic (exact) mass is 220 g/mol. The molecule has 2 nitrogen and oxygen atoms in total. The van der Waals surface area contributed by atoms with Gasteiger partial charge < -0.3 is 5.32 Å². The van der Waals surface area contributed by atoms with Gasteiger partial charge in [-0.25, -0.2) is 13.8 Å². The highest BCUT2D eigenvalue weighted by Gasteiger charge is 1.97. The topological polar surface area (TPSA) is 24.9 Å². The zero-order valence-corrected chi connectivity index (χ0v) is 8.45. The maximum Gasteiger partial charge on any atom is 0.141 e. The van der Waals surface area contributed by atoms with E-state index in [0.717, 1.165) is 11.8 Å². The number of aromatic nitrogens is 1. The Kier molecular flexibility index (Phi) is 3.10. The second kappa shape index (κ2) is 4.70. The minimum Gasteiger partial charge on any atom is -0.366 e. The van der Waals surface area contributed by atoms with Crippen molar-refractivity contribution in [1.82, 2.24) is 4.98 Å². The molecule has 0 fully saturated rings. The number of rotatable bonds is 3. The first kappa shape index (κ1) is 10.5. The lowest BCUT2D eigenvalue weighted by molar-refractivity contribution is 0.621. The summed E-state index contributed by atoms with van der Waals surface area (Å²) in [5.74, 6) is -0.0895. The largest absolute Gasteiger partial charge is 0.366 e. The molecule has 82 valence electrons. The van der Waals surface area contributed by atoms with Gasteiger partial charge in [0.1, 0.15) is 17.5 Å². The minimum atomic E-state index is -0.378. The predicted molar refractivity (Wildman–Crippen MR) is 57.9 cm³/mol. The Hall–Kier alpha value is -1.97. The summed E-state index contributed by atoms with van der Waals surface area (Å²) in [5, 5.41) is 2.97. The van der Waals surface area contributed by atoms with Crippen LogP contribution >= 0.6 is 0 Å². The van der Waals surface area contributed by atoms with E-state index in [-0.39, 0.29) is 11.6 Å². The molecule has 0 radical (unpaired) electrons. The molecule has 0 spiro atoms. The van der Waals surface area contributed by atoms with E-state index < -0.39 is 0 Å². The van der Waals surface area contributed by atoms with Crippen LogP contribution in [0.15, 0.2) is 42.6 Å². The van der Waals surface area contributed by atoms with Crippen molar-refractivity contribution in [3.63, 3.8) is 0 Å². The molecule has 16 heavy (non-hydrogen) atoms. The standard InChI is InChI=1S/C12H10F2N2/c13-10-3-1-2-9(6-10)7-15-12-5-4-11(14)8-16-12/h1-6,8H,7H2,(H,15,16). The summed E-state index contributed by atoms with van der Waals surface area (Å²) in [5.41, 5.74) is 0.811. The molecule has 0 aliphatic heterocycles. The second-order valence-corrected chi connectivity index (χ2v) is 3.35. The van der Waals surface area contributed by atoms with Gasteiger partial charge in [-0.1, -0.05) is 12.1 Å². The van der Waals surface area contributed by atoms with Gasteiger partial charge >= 0.3 is 0 Å². The molecule has 0 unspecified atom stereocenters. The summed E-state index contributed by atoms with van der Waals surface area (Å²) in [4.78, 5) is 3.84. The number of pyridine rings is 1. The highest BCUT2D eigenvalue weighted by Crippen LogP contribution is 2.08. The predicted octanol–water partition coefficient (Wildman–Crippen LogP) is 2.97. The number of hydrogen-bond donors (Lipinski definition) is 1. The van der Waals surface area contributed by atoms with Gasteiger partial charge in [0, 0.05) is 6.54 Å². The summed E-state index contributed by atoms with van der Waals surface area (Å²) in [6.45, 7) is 0.455. The third kappa shape index (κ3) is 2.76. The van der Waals surface area contributed by atoms with Crippen molar-refractivity contribution >= 4 is 5.82 Å². The van der Waals surface area contributed by atoms with Crippen molar-refractivity contribution in [2.45, 2.75) is 6.54 Å². The first-order valence-corrected chi connectivity index (χ1v) is 4.84. The molecule has 2 aromatic rings. The van der Waals surface area contributed by atoms with E-state index in [1.54, 1.807) is 12.1 Å². The quantitative estimate of drug-likeness (QED) is 0.860. The van der Waals surface area contributed by atoms with Crippen LogP contribution in [0.5, 0.6) is 0 Å². The Balaban J connectivity index is 1.99. The van der Waals surface area contributed by atoms with E-state index in [0.29, 0.717) is 12.4 Å². The highest BCUT2D eigenvalue weighted by molar-refractivity contribution is 5.35. The van der Waals surface area contributed by atoms with Gasteiger partial charge in [-0.15, -0.1) is 0 Å². The van der Waals surface area contributed by atoms with Gasteiger partial charge in [-0.3, -0.25) is 0 Å². The Bertz CT molecular complexity index is 469. The Morgan fingerprint density at radius 3 is 2.62 bits per heavy atom. The molecule has 1 heterocycles. The van der Waals surface area contributed by atoms with E-state index in [1.807, 2.05) is 0 Å². The molecule has 0 aliphatic rings. The average Bonchev–Trinajstić information content (AvgIpc) is 2.28. The van der Waals surface area contributed by atoms with Gasteiger partial charge in [-0.2, -0.15) is 0 Å². The van der Waals surface area contributed by atoms with Crippen LogP contribution in [-0.4, -0.2) is 4.98 Å². The zero-order chi connectivity index (χ0) is 11.4. The van der Waals surface area contributed by atoms with Crippen LogP contribution < -0.4 is 5.32 Å². The van der Waals surface area contributed by atoms with Crippen LogP contribution in [0.25, 0.3) is 0 Å². The van der Waals surface area contributed by atoms with Crippen molar-refractivity contribution in [3.05, 3.63) is 59.8 Å². The molecule has 4 heteroatoms.